The van der Waals surface area contributed by atoms with Crippen molar-refractivity contribution in [1.29, 1.82) is 0 Å². The zero-order valence-corrected chi connectivity index (χ0v) is 15.3. The Bertz CT molecular complexity index is 723. The fourth-order valence-electron chi connectivity index (χ4n) is 3.21. The van der Waals surface area contributed by atoms with E-state index in [2.05, 4.69) is 10.5 Å². The third kappa shape index (κ3) is 3.75. The molecule has 1 saturated heterocycles. The Morgan fingerprint density at radius 1 is 1.32 bits per heavy atom. The molecule has 0 spiro atoms. The number of oxime groups is 1. The quantitative estimate of drug-likeness (QED) is 0.871. The molecule has 0 saturated carbocycles. The van der Waals surface area contributed by atoms with Gasteiger partial charge in [-0.15, -0.1) is 0 Å². The maximum absolute atomic E-state index is 12.8. The van der Waals surface area contributed by atoms with Crippen molar-refractivity contribution < 1.29 is 14.4 Å². The summed E-state index contributed by atoms with van der Waals surface area (Å²) in [5.41, 5.74) is 1.30. The number of piperidine rings is 1. The van der Waals surface area contributed by atoms with Gasteiger partial charge < -0.3 is 15.1 Å². The summed E-state index contributed by atoms with van der Waals surface area (Å²) in [7, 11) is 1.58. The van der Waals surface area contributed by atoms with E-state index in [-0.39, 0.29) is 11.8 Å². The van der Waals surface area contributed by atoms with Gasteiger partial charge in [0.15, 0.2) is 0 Å². The van der Waals surface area contributed by atoms with Gasteiger partial charge in [0.1, 0.15) is 6.04 Å². The summed E-state index contributed by atoms with van der Waals surface area (Å²) in [6.45, 7) is 0.549. The molecule has 0 aromatic heterocycles. The minimum absolute atomic E-state index is 0.145. The minimum Gasteiger partial charge on any atom is -0.382 e. The molecule has 25 heavy (non-hydrogen) atoms. The first-order chi connectivity index (χ1) is 12.0. The van der Waals surface area contributed by atoms with Gasteiger partial charge in [0, 0.05) is 30.6 Å². The molecule has 1 aromatic rings. The average Bonchev–Trinajstić information content (AvgIpc) is 3.10. The van der Waals surface area contributed by atoms with Crippen LogP contribution in [0.2, 0.25) is 10.0 Å². The summed E-state index contributed by atoms with van der Waals surface area (Å²) in [6, 6.07) is 4.65. The molecule has 6 nitrogen and oxygen atoms in total. The van der Waals surface area contributed by atoms with Gasteiger partial charge >= 0.3 is 0 Å². The molecule has 3 rings (SSSR count). The van der Waals surface area contributed by atoms with Gasteiger partial charge in [-0.1, -0.05) is 34.4 Å². The van der Waals surface area contributed by atoms with Crippen LogP contribution in [0.25, 0.3) is 0 Å². The van der Waals surface area contributed by atoms with E-state index >= 15 is 0 Å². The van der Waals surface area contributed by atoms with Crippen molar-refractivity contribution in [3.63, 3.8) is 0 Å². The molecule has 134 valence electrons. The Labute approximate surface area is 156 Å². The zero-order valence-electron chi connectivity index (χ0n) is 13.8. The summed E-state index contributed by atoms with van der Waals surface area (Å²) < 4.78 is 0. The van der Waals surface area contributed by atoms with Crippen molar-refractivity contribution in [3.05, 3.63) is 33.8 Å². The lowest BCUT2D eigenvalue weighted by atomic mass is 9.99. The smallest absolute Gasteiger partial charge is 0.267 e. The van der Waals surface area contributed by atoms with Crippen LogP contribution in [0.1, 0.15) is 31.2 Å². The number of amides is 2. The van der Waals surface area contributed by atoms with E-state index in [1.165, 1.54) is 0 Å². The number of carbonyl (C=O) groups is 2. The first-order valence-corrected chi connectivity index (χ1v) is 8.97. The lowest BCUT2D eigenvalue weighted by Crippen LogP contribution is -2.54. The molecule has 2 aliphatic heterocycles. The highest BCUT2D eigenvalue weighted by molar-refractivity contribution is 6.37. The molecule has 1 aromatic carbocycles. The number of likely N-dealkylation sites (tertiary alicyclic amines) is 1. The van der Waals surface area contributed by atoms with Gasteiger partial charge in [-0.05, 0) is 31.4 Å². The van der Waals surface area contributed by atoms with Crippen LogP contribution >= 0.6 is 23.2 Å². The number of rotatable bonds is 3. The third-order valence-electron chi connectivity index (χ3n) is 4.52. The van der Waals surface area contributed by atoms with E-state index in [4.69, 9.17) is 28.0 Å². The second-order valence-electron chi connectivity index (χ2n) is 6.12. The lowest BCUT2D eigenvalue weighted by molar-refractivity contribution is -0.150. The fourth-order valence-corrected chi connectivity index (χ4v) is 3.73. The van der Waals surface area contributed by atoms with E-state index in [0.717, 1.165) is 12.8 Å². The normalized spacial score (nSPS) is 23.0. The van der Waals surface area contributed by atoms with E-state index in [9.17, 15) is 9.59 Å². The first kappa shape index (κ1) is 18.0. The number of benzene rings is 1. The van der Waals surface area contributed by atoms with Crippen LogP contribution in [0.4, 0.5) is 0 Å². The lowest BCUT2D eigenvalue weighted by Gasteiger charge is -2.35. The van der Waals surface area contributed by atoms with E-state index < -0.39 is 12.1 Å². The molecule has 8 heteroatoms. The monoisotopic (exact) mass is 383 g/mol. The molecule has 0 aliphatic carbocycles. The molecular weight excluding hydrogens is 365 g/mol. The number of nitrogens with zero attached hydrogens (tertiary/aromatic N) is 2. The Morgan fingerprint density at radius 2 is 2.12 bits per heavy atom. The SMILES string of the molecule is CNC(=O)[C@@H]1CCCCN1C(=O)[C@H]1CC(c2ccc(Cl)cc2Cl)=NO1. The summed E-state index contributed by atoms with van der Waals surface area (Å²) in [5, 5.41) is 7.64. The maximum Gasteiger partial charge on any atom is 0.267 e. The third-order valence-corrected chi connectivity index (χ3v) is 5.07. The van der Waals surface area contributed by atoms with Crippen LogP contribution in [-0.4, -0.2) is 48.2 Å². The van der Waals surface area contributed by atoms with Crippen LogP contribution in [-0.2, 0) is 14.4 Å². The van der Waals surface area contributed by atoms with Crippen molar-refractivity contribution in [1.82, 2.24) is 10.2 Å². The highest BCUT2D eigenvalue weighted by atomic mass is 35.5. The largest absolute Gasteiger partial charge is 0.382 e. The Kier molecular flexibility index (Phi) is 5.49. The first-order valence-electron chi connectivity index (χ1n) is 8.21. The van der Waals surface area contributed by atoms with Crippen molar-refractivity contribution >= 4 is 40.7 Å². The molecule has 2 amide bonds. The number of nitrogens with one attached hydrogen (secondary N) is 1. The summed E-state index contributed by atoms with van der Waals surface area (Å²) in [5.74, 6) is -0.356. The average molecular weight is 384 g/mol. The summed E-state index contributed by atoms with van der Waals surface area (Å²) >= 11 is 12.1. The second kappa shape index (κ2) is 7.62. The number of hydrogen-bond donors (Lipinski definition) is 1. The molecular formula is C17H19Cl2N3O3. The molecule has 1 N–H and O–H groups in total. The standard InChI is InChI=1S/C17H19Cl2N3O3/c1-20-16(23)14-4-2-3-7-22(14)17(24)15-9-13(21-25-15)11-6-5-10(18)8-12(11)19/h5-6,8,14-15H,2-4,7,9H2,1H3,(H,20,23)/t14-,15+/m0/s1. The predicted octanol–water partition coefficient (Wildman–Crippen LogP) is 2.61. The molecule has 0 radical (unpaired) electrons. The topological polar surface area (TPSA) is 71.0 Å². The van der Waals surface area contributed by atoms with Gasteiger partial charge in [-0.2, -0.15) is 0 Å². The predicted molar refractivity (Wildman–Crippen MR) is 95.9 cm³/mol. The van der Waals surface area contributed by atoms with Crippen LogP contribution in [0.5, 0.6) is 0 Å². The van der Waals surface area contributed by atoms with E-state index in [1.807, 2.05) is 0 Å². The Morgan fingerprint density at radius 3 is 2.84 bits per heavy atom. The van der Waals surface area contributed by atoms with Crippen LogP contribution in [0, 0.1) is 0 Å². The zero-order chi connectivity index (χ0) is 18.0. The molecule has 2 atom stereocenters. The molecule has 2 heterocycles. The van der Waals surface area contributed by atoms with E-state index in [0.29, 0.717) is 40.7 Å². The number of hydrogen-bond acceptors (Lipinski definition) is 4. The summed E-state index contributed by atoms with van der Waals surface area (Å²) in [6.07, 6.45) is 2.05. The Balaban J connectivity index is 1.71. The molecule has 1 fully saturated rings. The molecule has 0 bridgehead atoms. The van der Waals surface area contributed by atoms with Crippen LogP contribution in [0.15, 0.2) is 23.4 Å². The number of likely N-dealkylation sites (N-methyl/N-ethyl adjacent to an activating group) is 1. The fraction of sp³-hybridized carbons (Fsp3) is 0.471. The van der Waals surface area contributed by atoms with Gasteiger partial charge in [0.2, 0.25) is 12.0 Å². The van der Waals surface area contributed by atoms with Crippen molar-refractivity contribution in [3.8, 4) is 0 Å². The molecule has 0 unspecified atom stereocenters. The van der Waals surface area contributed by atoms with Gasteiger partial charge in [-0.25, -0.2) is 0 Å². The minimum atomic E-state index is -0.730. The summed E-state index contributed by atoms with van der Waals surface area (Å²) in [4.78, 5) is 31.9. The molecule has 2 aliphatic rings. The van der Waals surface area contributed by atoms with Crippen molar-refractivity contribution in [2.45, 2.75) is 37.8 Å². The van der Waals surface area contributed by atoms with Gasteiger partial charge in [0.25, 0.3) is 5.91 Å². The van der Waals surface area contributed by atoms with Crippen molar-refractivity contribution in [2.75, 3.05) is 13.6 Å². The second-order valence-corrected chi connectivity index (χ2v) is 6.96. The maximum atomic E-state index is 12.8. The van der Waals surface area contributed by atoms with E-state index in [1.54, 1.807) is 30.1 Å². The van der Waals surface area contributed by atoms with Crippen LogP contribution in [0.3, 0.4) is 0 Å². The van der Waals surface area contributed by atoms with Gasteiger partial charge in [-0.3, -0.25) is 9.59 Å². The van der Waals surface area contributed by atoms with Gasteiger partial charge in [0.05, 0.1) is 10.7 Å². The van der Waals surface area contributed by atoms with Crippen LogP contribution < -0.4 is 5.32 Å². The highest BCUT2D eigenvalue weighted by Gasteiger charge is 2.38. The number of halogens is 2. The van der Waals surface area contributed by atoms with Crippen molar-refractivity contribution in [2.24, 2.45) is 5.16 Å². The highest BCUT2D eigenvalue weighted by Crippen LogP contribution is 2.28. The Hall–Kier alpha value is -1.79. The number of carbonyl (C=O) groups excluding carboxylic acids is 2.